The Morgan fingerprint density at radius 2 is 2.06 bits per heavy atom. The number of piperidine rings is 1. The molecule has 1 aliphatic carbocycles. The number of methoxy groups -OCH3 is 1. The summed E-state index contributed by atoms with van der Waals surface area (Å²) in [7, 11) is 1.77. The minimum Gasteiger partial charge on any atom is -0.390 e. The van der Waals surface area contributed by atoms with Crippen LogP contribution in [0, 0.1) is 12.3 Å². The number of pyridine rings is 1. The average Bonchev–Trinajstić information content (AvgIpc) is 3.08. The molecule has 10 heteroatoms. The van der Waals surface area contributed by atoms with E-state index in [0.29, 0.717) is 15.7 Å². The third-order valence-electron chi connectivity index (χ3n) is 6.64. The van der Waals surface area contributed by atoms with E-state index in [1.807, 2.05) is 6.92 Å². The highest BCUT2D eigenvalue weighted by Gasteiger charge is 2.47. The van der Waals surface area contributed by atoms with Gasteiger partial charge >= 0.3 is 0 Å². The maximum absolute atomic E-state index is 10.0. The number of aliphatic hydroxyl groups excluding tert-OH is 1. The lowest BCUT2D eigenvalue weighted by Crippen LogP contribution is -2.47. The topological polar surface area (TPSA) is 123 Å². The molecule has 4 rings (SSSR count). The van der Waals surface area contributed by atoms with Gasteiger partial charge in [-0.25, -0.2) is 15.0 Å². The summed E-state index contributed by atoms with van der Waals surface area (Å²) in [6.45, 7) is 3.41. The molecule has 1 saturated heterocycles. The first-order valence-corrected chi connectivity index (χ1v) is 11.7. The lowest BCUT2D eigenvalue weighted by Gasteiger charge is -2.42. The van der Waals surface area contributed by atoms with E-state index in [2.05, 4.69) is 9.88 Å². The molecule has 8 nitrogen and oxygen atoms in total. The molecular weight excluding hydrogens is 448 g/mol. The number of nitrogen functional groups attached to an aromatic ring is 1. The Kier molecular flexibility index (Phi) is 7.88. The average molecular weight is 481 g/mol. The highest BCUT2D eigenvalue weighted by atomic mass is 35.5. The van der Waals surface area contributed by atoms with Crippen molar-refractivity contribution >= 4 is 35.0 Å². The van der Waals surface area contributed by atoms with Crippen molar-refractivity contribution in [1.82, 2.24) is 15.0 Å². The SMILES string of the molecule is C.CO[C@@H]1C[C@@H](N)C2(CCN(c3nc(C)c(Sc4ccnc(N)c4Cl)nc3CO)CC2)C1. The van der Waals surface area contributed by atoms with Crippen LogP contribution in [-0.4, -0.2) is 52.4 Å². The van der Waals surface area contributed by atoms with Crippen LogP contribution in [-0.2, 0) is 11.3 Å². The van der Waals surface area contributed by atoms with Crippen molar-refractivity contribution < 1.29 is 9.84 Å². The number of ether oxygens (including phenoxy) is 1. The third-order valence-corrected chi connectivity index (χ3v) is 8.29. The number of halogens is 1. The number of nitrogens with two attached hydrogens (primary N) is 2. The van der Waals surface area contributed by atoms with E-state index in [4.69, 9.17) is 37.8 Å². The Morgan fingerprint density at radius 3 is 2.69 bits per heavy atom. The van der Waals surface area contributed by atoms with Crippen molar-refractivity contribution in [3.05, 3.63) is 28.7 Å². The summed E-state index contributed by atoms with van der Waals surface area (Å²) < 4.78 is 5.58. The Balaban J connectivity index is 0.00000289. The highest BCUT2D eigenvalue weighted by Crippen LogP contribution is 2.47. The van der Waals surface area contributed by atoms with E-state index in [9.17, 15) is 5.11 Å². The zero-order valence-electron chi connectivity index (χ0n) is 17.8. The van der Waals surface area contributed by atoms with Crippen LogP contribution in [0.15, 0.2) is 22.2 Å². The van der Waals surface area contributed by atoms with Crippen LogP contribution in [0.2, 0.25) is 5.02 Å². The summed E-state index contributed by atoms with van der Waals surface area (Å²) >= 11 is 7.65. The zero-order valence-corrected chi connectivity index (χ0v) is 19.4. The van der Waals surface area contributed by atoms with Crippen LogP contribution in [0.1, 0.15) is 44.5 Å². The second kappa shape index (κ2) is 10.1. The van der Waals surface area contributed by atoms with E-state index < -0.39 is 0 Å². The van der Waals surface area contributed by atoms with E-state index in [1.54, 1.807) is 19.4 Å². The number of aryl methyl sites for hydroxylation is 1. The van der Waals surface area contributed by atoms with Gasteiger partial charge in [0.05, 0.1) is 23.4 Å². The van der Waals surface area contributed by atoms with Gasteiger partial charge in [0.15, 0.2) is 5.82 Å². The van der Waals surface area contributed by atoms with Crippen LogP contribution < -0.4 is 16.4 Å². The molecule has 0 aromatic carbocycles. The third kappa shape index (κ3) is 4.68. The summed E-state index contributed by atoms with van der Waals surface area (Å²) in [5.74, 6) is 1.02. The molecule has 1 aliphatic heterocycles. The number of nitrogens with zero attached hydrogens (tertiary/aromatic N) is 4. The summed E-state index contributed by atoms with van der Waals surface area (Å²) in [4.78, 5) is 16.5. The lowest BCUT2D eigenvalue weighted by molar-refractivity contribution is 0.0890. The standard InChI is InChI=1S/C21H29ClN6O2S.CH4/c1-12-20(31-15-3-6-25-18(24)17(15)22)27-14(11-29)19(26-12)28-7-4-21(5-8-28)10-13(30-2)9-16(21)23;/h3,6,13,16,29H,4-5,7-11,23H2,1-2H3,(H2,24,25);1H4/t13-,16-;/m1./s1. The number of aromatic nitrogens is 3. The zero-order chi connectivity index (χ0) is 22.2. The van der Waals surface area contributed by atoms with Gasteiger partial charge in [0.25, 0.3) is 0 Å². The van der Waals surface area contributed by atoms with Gasteiger partial charge in [-0.2, -0.15) is 0 Å². The van der Waals surface area contributed by atoms with Gasteiger partial charge < -0.3 is 26.2 Å². The number of rotatable bonds is 5. The fourth-order valence-electron chi connectivity index (χ4n) is 4.74. The Bertz CT molecular complexity index is 954. The van der Waals surface area contributed by atoms with Crippen LogP contribution >= 0.6 is 23.4 Å². The molecule has 2 atom stereocenters. The minimum atomic E-state index is -0.185. The fraction of sp³-hybridized carbons (Fsp3) is 0.591. The van der Waals surface area contributed by atoms with Gasteiger partial charge in [0.1, 0.15) is 16.5 Å². The smallest absolute Gasteiger partial charge is 0.153 e. The van der Waals surface area contributed by atoms with Crippen LogP contribution in [0.5, 0.6) is 0 Å². The van der Waals surface area contributed by atoms with Gasteiger partial charge in [-0.1, -0.05) is 30.8 Å². The molecule has 1 saturated carbocycles. The molecule has 2 fully saturated rings. The van der Waals surface area contributed by atoms with Crippen molar-refractivity contribution in [3.63, 3.8) is 0 Å². The molecular formula is C22H33ClN6O2S. The largest absolute Gasteiger partial charge is 0.390 e. The van der Waals surface area contributed by atoms with Gasteiger partial charge in [-0.15, -0.1) is 0 Å². The van der Waals surface area contributed by atoms with Crippen LogP contribution in [0.4, 0.5) is 11.6 Å². The van der Waals surface area contributed by atoms with Crippen molar-refractivity contribution in [3.8, 4) is 0 Å². The van der Waals surface area contributed by atoms with Crippen LogP contribution in [0.3, 0.4) is 0 Å². The molecule has 5 N–H and O–H groups in total. The molecule has 0 radical (unpaired) electrons. The van der Waals surface area contributed by atoms with Gasteiger partial charge in [0.2, 0.25) is 0 Å². The van der Waals surface area contributed by atoms with Crippen molar-refractivity contribution in [2.24, 2.45) is 11.1 Å². The monoisotopic (exact) mass is 480 g/mol. The normalized spacial score (nSPS) is 22.2. The summed E-state index contributed by atoms with van der Waals surface area (Å²) in [6.07, 6.45) is 5.78. The predicted molar refractivity (Wildman–Crippen MR) is 129 cm³/mol. The summed E-state index contributed by atoms with van der Waals surface area (Å²) in [6, 6.07) is 1.96. The molecule has 176 valence electrons. The Hall–Kier alpha value is -1.65. The number of hydrogen-bond acceptors (Lipinski definition) is 9. The lowest BCUT2D eigenvalue weighted by atomic mass is 9.74. The van der Waals surface area contributed by atoms with Gasteiger partial charge in [-0.05, 0) is 44.1 Å². The minimum absolute atomic E-state index is 0. The molecule has 0 unspecified atom stereocenters. The number of aliphatic hydroxyl groups is 1. The Labute approximate surface area is 199 Å². The molecule has 0 bridgehead atoms. The van der Waals surface area contributed by atoms with E-state index in [1.165, 1.54) is 11.8 Å². The van der Waals surface area contributed by atoms with E-state index >= 15 is 0 Å². The molecule has 2 aliphatic rings. The first kappa shape index (κ1) is 25.0. The van der Waals surface area contributed by atoms with Gasteiger partial charge in [-0.3, -0.25) is 0 Å². The fourth-order valence-corrected chi connectivity index (χ4v) is 5.85. The van der Waals surface area contributed by atoms with Crippen molar-refractivity contribution in [2.45, 2.75) is 68.7 Å². The predicted octanol–water partition coefficient (Wildman–Crippen LogP) is 3.42. The van der Waals surface area contributed by atoms with Crippen molar-refractivity contribution in [2.75, 3.05) is 30.8 Å². The van der Waals surface area contributed by atoms with E-state index in [0.717, 1.165) is 55.2 Å². The van der Waals surface area contributed by atoms with Crippen LogP contribution in [0.25, 0.3) is 0 Å². The molecule has 1 spiro atoms. The number of hydrogen-bond donors (Lipinski definition) is 3. The molecule has 2 aromatic heterocycles. The quantitative estimate of drug-likeness (QED) is 0.590. The first-order valence-electron chi connectivity index (χ1n) is 10.5. The Morgan fingerprint density at radius 1 is 1.34 bits per heavy atom. The summed E-state index contributed by atoms with van der Waals surface area (Å²) in [5, 5.41) is 11.1. The maximum Gasteiger partial charge on any atom is 0.153 e. The second-order valence-electron chi connectivity index (χ2n) is 8.41. The highest BCUT2D eigenvalue weighted by molar-refractivity contribution is 7.99. The van der Waals surface area contributed by atoms with E-state index in [-0.39, 0.29) is 37.4 Å². The molecule has 2 aromatic rings. The van der Waals surface area contributed by atoms with Crippen molar-refractivity contribution in [1.29, 1.82) is 0 Å². The van der Waals surface area contributed by atoms with Gasteiger partial charge in [0, 0.05) is 37.3 Å². The first-order chi connectivity index (χ1) is 14.9. The molecule has 3 heterocycles. The maximum atomic E-state index is 10.0. The molecule has 0 amide bonds. The molecule has 32 heavy (non-hydrogen) atoms. The number of anilines is 2. The second-order valence-corrected chi connectivity index (χ2v) is 9.82. The summed E-state index contributed by atoms with van der Waals surface area (Å²) in [5.41, 5.74) is 13.8.